The largest absolute Gasteiger partial charge is 0.456 e. The van der Waals surface area contributed by atoms with Gasteiger partial charge in [0, 0.05) is 11.1 Å². The molecule has 2 heteroatoms. The third-order valence-corrected chi connectivity index (χ3v) is 4.18. The summed E-state index contributed by atoms with van der Waals surface area (Å²) in [4.78, 5) is 12.9. The van der Waals surface area contributed by atoms with Gasteiger partial charge in [0.2, 0.25) is 0 Å². The van der Waals surface area contributed by atoms with E-state index in [0.717, 1.165) is 24.0 Å². The second-order valence-corrected chi connectivity index (χ2v) is 5.82. The summed E-state index contributed by atoms with van der Waals surface area (Å²) < 4.78 is 6.11. The van der Waals surface area contributed by atoms with E-state index in [1.165, 1.54) is 0 Å². The molecule has 0 radical (unpaired) electrons. The molecule has 22 heavy (non-hydrogen) atoms. The molecule has 0 aliphatic rings. The van der Waals surface area contributed by atoms with Gasteiger partial charge in [-0.3, -0.25) is 4.79 Å². The summed E-state index contributed by atoms with van der Waals surface area (Å²) in [6, 6.07) is 17.4. The lowest BCUT2D eigenvalue weighted by atomic mass is 9.94. The predicted molar refractivity (Wildman–Crippen MR) is 91.1 cm³/mol. The maximum absolute atomic E-state index is 12.9. The van der Waals surface area contributed by atoms with Crippen molar-refractivity contribution in [3.63, 3.8) is 0 Å². The monoisotopic (exact) mass is 292 g/mol. The quantitative estimate of drug-likeness (QED) is 0.673. The van der Waals surface area contributed by atoms with Crippen LogP contribution in [0.5, 0.6) is 0 Å². The average molecular weight is 292 g/mol. The number of fused-ring (bicyclic) bond motifs is 1. The van der Waals surface area contributed by atoms with Gasteiger partial charge in [0.25, 0.3) is 0 Å². The Morgan fingerprint density at radius 3 is 2.41 bits per heavy atom. The highest BCUT2D eigenvalue weighted by Gasteiger charge is 2.17. The van der Waals surface area contributed by atoms with Crippen molar-refractivity contribution in [3.8, 4) is 11.3 Å². The van der Waals surface area contributed by atoms with Crippen LogP contribution in [0.3, 0.4) is 0 Å². The molecule has 0 aliphatic carbocycles. The maximum Gasteiger partial charge on any atom is 0.196 e. The van der Waals surface area contributed by atoms with Crippen molar-refractivity contribution >= 4 is 11.0 Å². The molecule has 0 bridgehead atoms. The van der Waals surface area contributed by atoms with Gasteiger partial charge in [-0.05, 0) is 24.5 Å². The average Bonchev–Trinajstić information content (AvgIpc) is 2.58. The first-order valence-electron chi connectivity index (χ1n) is 7.80. The van der Waals surface area contributed by atoms with Crippen LogP contribution in [0.2, 0.25) is 0 Å². The lowest BCUT2D eigenvalue weighted by Gasteiger charge is -2.13. The molecule has 1 aromatic heterocycles. The van der Waals surface area contributed by atoms with Crippen molar-refractivity contribution in [1.29, 1.82) is 0 Å². The molecule has 0 saturated heterocycles. The molecule has 0 saturated carbocycles. The Labute approximate surface area is 130 Å². The van der Waals surface area contributed by atoms with Crippen molar-refractivity contribution in [3.05, 3.63) is 70.4 Å². The fraction of sp³-hybridized carbons (Fsp3) is 0.250. The van der Waals surface area contributed by atoms with Gasteiger partial charge in [-0.25, -0.2) is 0 Å². The first kappa shape index (κ1) is 14.6. The Morgan fingerprint density at radius 2 is 1.68 bits per heavy atom. The van der Waals surface area contributed by atoms with E-state index in [2.05, 4.69) is 13.8 Å². The van der Waals surface area contributed by atoms with E-state index in [1.807, 2.05) is 54.6 Å². The number of rotatable bonds is 4. The SMILES string of the molecule is CCC(C)Cc1c(-c2ccccc2)oc2ccccc2c1=O. The van der Waals surface area contributed by atoms with Crippen LogP contribution in [0.4, 0.5) is 0 Å². The van der Waals surface area contributed by atoms with Gasteiger partial charge in [-0.15, -0.1) is 0 Å². The second kappa shape index (κ2) is 6.18. The van der Waals surface area contributed by atoms with Crippen molar-refractivity contribution in [2.75, 3.05) is 0 Å². The number of hydrogen-bond acceptors (Lipinski definition) is 2. The summed E-state index contributed by atoms with van der Waals surface area (Å²) in [5, 5.41) is 0.667. The van der Waals surface area contributed by atoms with Gasteiger partial charge in [0.15, 0.2) is 5.43 Å². The Kier molecular flexibility index (Phi) is 4.10. The summed E-state index contributed by atoms with van der Waals surface area (Å²) in [6.07, 6.45) is 1.79. The fourth-order valence-corrected chi connectivity index (χ4v) is 2.68. The third kappa shape index (κ3) is 2.69. The summed E-state index contributed by atoms with van der Waals surface area (Å²) in [5.41, 5.74) is 2.50. The molecule has 1 atom stereocenters. The Bertz CT molecular complexity index is 831. The molecule has 112 valence electrons. The van der Waals surface area contributed by atoms with Crippen LogP contribution in [-0.4, -0.2) is 0 Å². The highest BCUT2D eigenvalue weighted by molar-refractivity contribution is 5.80. The molecule has 2 aromatic carbocycles. The standard InChI is InChI=1S/C20H20O2/c1-3-14(2)13-17-19(21)16-11-7-8-12-18(16)22-20(17)15-9-5-4-6-10-15/h4-12,14H,3,13H2,1-2H3. The van der Waals surface area contributed by atoms with E-state index in [-0.39, 0.29) is 5.43 Å². The van der Waals surface area contributed by atoms with Crippen LogP contribution in [-0.2, 0) is 6.42 Å². The first-order chi connectivity index (χ1) is 10.7. The predicted octanol–water partition coefficient (Wildman–Crippen LogP) is 5.05. The van der Waals surface area contributed by atoms with Gasteiger partial charge in [-0.1, -0.05) is 62.7 Å². The van der Waals surface area contributed by atoms with E-state index < -0.39 is 0 Å². The highest BCUT2D eigenvalue weighted by atomic mass is 16.3. The molecule has 0 spiro atoms. The summed E-state index contributed by atoms with van der Waals surface area (Å²) >= 11 is 0. The van der Waals surface area contributed by atoms with E-state index >= 15 is 0 Å². The van der Waals surface area contributed by atoms with Crippen LogP contribution in [0.15, 0.2) is 63.8 Å². The topological polar surface area (TPSA) is 30.2 Å². The van der Waals surface area contributed by atoms with E-state index in [0.29, 0.717) is 22.6 Å². The van der Waals surface area contributed by atoms with Gasteiger partial charge < -0.3 is 4.42 Å². The molecular weight excluding hydrogens is 272 g/mol. The molecule has 2 nitrogen and oxygen atoms in total. The molecule has 3 rings (SSSR count). The zero-order chi connectivity index (χ0) is 15.5. The molecule has 1 heterocycles. The number of para-hydroxylation sites is 1. The van der Waals surface area contributed by atoms with Crippen LogP contribution < -0.4 is 5.43 Å². The van der Waals surface area contributed by atoms with Gasteiger partial charge in [0.05, 0.1) is 5.39 Å². The molecule has 0 fully saturated rings. The maximum atomic E-state index is 12.9. The van der Waals surface area contributed by atoms with Crippen molar-refractivity contribution in [2.45, 2.75) is 26.7 Å². The Morgan fingerprint density at radius 1 is 1.00 bits per heavy atom. The summed E-state index contributed by atoms with van der Waals surface area (Å²) in [7, 11) is 0. The Hall–Kier alpha value is -2.35. The molecular formula is C20H20O2. The lowest BCUT2D eigenvalue weighted by Crippen LogP contribution is -2.14. The van der Waals surface area contributed by atoms with Crippen LogP contribution in [0.25, 0.3) is 22.3 Å². The summed E-state index contributed by atoms with van der Waals surface area (Å²) in [5.74, 6) is 1.16. The van der Waals surface area contributed by atoms with Crippen molar-refractivity contribution in [2.24, 2.45) is 5.92 Å². The molecule has 0 aliphatic heterocycles. The highest BCUT2D eigenvalue weighted by Crippen LogP contribution is 2.27. The molecule has 1 unspecified atom stereocenters. The second-order valence-electron chi connectivity index (χ2n) is 5.82. The molecule has 0 N–H and O–H groups in total. The minimum Gasteiger partial charge on any atom is -0.456 e. The first-order valence-corrected chi connectivity index (χ1v) is 7.80. The minimum absolute atomic E-state index is 0.0982. The van der Waals surface area contributed by atoms with Gasteiger partial charge >= 0.3 is 0 Å². The zero-order valence-electron chi connectivity index (χ0n) is 13.0. The van der Waals surface area contributed by atoms with E-state index in [4.69, 9.17) is 4.42 Å². The van der Waals surface area contributed by atoms with Crippen LogP contribution >= 0.6 is 0 Å². The van der Waals surface area contributed by atoms with Crippen LogP contribution in [0, 0.1) is 5.92 Å². The molecule has 0 amide bonds. The minimum atomic E-state index is 0.0982. The fourth-order valence-electron chi connectivity index (χ4n) is 2.68. The van der Waals surface area contributed by atoms with Crippen molar-refractivity contribution < 1.29 is 4.42 Å². The zero-order valence-corrected chi connectivity index (χ0v) is 13.0. The van der Waals surface area contributed by atoms with Gasteiger partial charge in [-0.2, -0.15) is 0 Å². The van der Waals surface area contributed by atoms with E-state index in [1.54, 1.807) is 0 Å². The Balaban J connectivity index is 2.28. The summed E-state index contributed by atoms with van der Waals surface area (Å²) in [6.45, 7) is 4.32. The lowest BCUT2D eigenvalue weighted by molar-refractivity contribution is 0.541. The molecule has 3 aromatic rings. The number of benzene rings is 2. The van der Waals surface area contributed by atoms with Crippen LogP contribution in [0.1, 0.15) is 25.8 Å². The van der Waals surface area contributed by atoms with Crippen molar-refractivity contribution in [1.82, 2.24) is 0 Å². The number of hydrogen-bond donors (Lipinski definition) is 0. The normalized spacial score (nSPS) is 12.5. The van der Waals surface area contributed by atoms with E-state index in [9.17, 15) is 4.79 Å². The third-order valence-electron chi connectivity index (χ3n) is 4.18. The smallest absolute Gasteiger partial charge is 0.196 e. The van der Waals surface area contributed by atoms with Gasteiger partial charge in [0.1, 0.15) is 11.3 Å².